The van der Waals surface area contributed by atoms with E-state index in [1.807, 2.05) is 50.5 Å². The number of allylic oxidation sites excluding steroid dienone is 1. The average molecular weight is 314 g/mol. The van der Waals surface area contributed by atoms with Crippen molar-refractivity contribution in [2.45, 2.75) is 4.90 Å². The van der Waals surface area contributed by atoms with Gasteiger partial charge in [-0.1, -0.05) is 54.6 Å². The van der Waals surface area contributed by atoms with Gasteiger partial charge in [-0.2, -0.15) is 0 Å². The Kier molecular flexibility index (Phi) is 5.31. The molecule has 114 valence electrons. The van der Waals surface area contributed by atoms with E-state index in [4.69, 9.17) is 0 Å². The van der Waals surface area contributed by atoms with Crippen molar-refractivity contribution in [3.8, 4) is 0 Å². The third-order valence-electron chi connectivity index (χ3n) is 3.03. The highest BCUT2D eigenvalue weighted by molar-refractivity contribution is 7.95. The molecule has 0 bridgehead atoms. The molecule has 2 aromatic rings. The Morgan fingerprint density at radius 1 is 0.909 bits per heavy atom. The molecule has 0 aliphatic heterocycles. The zero-order valence-electron chi connectivity index (χ0n) is 12.7. The van der Waals surface area contributed by atoms with Crippen LogP contribution in [0.2, 0.25) is 0 Å². The molecule has 0 radical (unpaired) electrons. The predicted octanol–water partition coefficient (Wildman–Crippen LogP) is 2.16. The lowest BCUT2D eigenvalue weighted by molar-refractivity contribution is -0.801. The summed E-state index contributed by atoms with van der Waals surface area (Å²) in [6.45, 7) is 0. The van der Waals surface area contributed by atoms with Gasteiger partial charge in [0, 0.05) is 0 Å². The fraction of sp³-hybridized carbons (Fsp3) is 0.111. The van der Waals surface area contributed by atoms with Gasteiger partial charge >= 0.3 is 0 Å². The summed E-state index contributed by atoms with van der Waals surface area (Å²) in [7, 11) is 0.259. The van der Waals surface area contributed by atoms with E-state index >= 15 is 0 Å². The molecule has 0 saturated carbocycles. The Morgan fingerprint density at radius 3 is 2.00 bits per heavy atom. The summed E-state index contributed by atoms with van der Waals surface area (Å²) < 4.78 is 25.5. The minimum absolute atomic E-state index is 0.294. The van der Waals surface area contributed by atoms with Gasteiger partial charge < -0.3 is 4.90 Å². The normalized spacial score (nSPS) is 13.0. The zero-order chi connectivity index (χ0) is 16.0. The van der Waals surface area contributed by atoms with Crippen LogP contribution in [-0.4, -0.2) is 22.5 Å². The van der Waals surface area contributed by atoms with Crippen LogP contribution >= 0.6 is 0 Å². The van der Waals surface area contributed by atoms with Gasteiger partial charge in [0.2, 0.25) is 9.84 Å². The number of nitrogens with one attached hydrogen (secondary N) is 1. The predicted molar refractivity (Wildman–Crippen MR) is 90.0 cm³/mol. The molecule has 22 heavy (non-hydrogen) atoms. The standard InChI is InChI=1S/C18H19NO2S/c1-19(2)15-18(14-13-16-9-5-3-6-10-16)22(20,21)17-11-7-4-8-12-17/h3-15H,1-2H3/p+1/b14-13+,18-15-. The molecule has 3 nitrogen and oxygen atoms in total. The summed E-state index contributed by atoms with van der Waals surface area (Å²) in [5, 5.41) is 0. The minimum atomic E-state index is -3.51. The number of rotatable bonds is 5. The van der Waals surface area contributed by atoms with Crippen molar-refractivity contribution >= 4 is 15.9 Å². The van der Waals surface area contributed by atoms with Crippen molar-refractivity contribution in [1.29, 1.82) is 0 Å². The van der Waals surface area contributed by atoms with E-state index in [1.54, 1.807) is 42.6 Å². The average Bonchev–Trinajstić information content (AvgIpc) is 2.53. The topological polar surface area (TPSA) is 38.6 Å². The summed E-state index contributed by atoms with van der Waals surface area (Å²) in [5.41, 5.74) is 0.963. The van der Waals surface area contributed by atoms with Crippen molar-refractivity contribution in [3.05, 3.63) is 83.4 Å². The summed E-state index contributed by atoms with van der Waals surface area (Å²) in [6, 6.07) is 18.1. The Morgan fingerprint density at radius 2 is 1.45 bits per heavy atom. The van der Waals surface area contributed by atoms with Crippen LogP contribution in [0.25, 0.3) is 6.08 Å². The van der Waals surface area contributed by atoms with E-state index < -0.39 is 9.84 Å². The van der Waals surface area contributed by atoms with Gasteiger partial charge in [-0.15, -0.1) is 0 Å². The molecule has 0 saturated heterocycles. The highest BCUT2D eigenvalue weighted by Crippen LogP contribution is 2.20. The first-order valence-corrected chi connectivity index (χ1v) is 8.53. The Labute approximate surface area is 132 Å². The fourth-order valence-electron chi connectivity index (χ4n) is 1.98. The molecule has 0 amide bonds. The van der Waals surface area contributed by atoms with Gasteiger partial charge in [0.05, 0.1) is 19.0 Å². The zero-order valence-corrected chi connectivity index (χ0v) is 13.5. The van der Waals surface area contributed by atoms with E-state index in [-0.39, 0.29) is 0 Å². The second-order valence-corrected chi connectivity index (χ2v) is 7.13. The first-order valence-electron chi connectivity index (χ1n) is 7.05. The second-order valence-electron chi connectivity index (χ2n) is 5.18. The van der Waals surface area contributed by atoms with Crippen molar-refractivity contribution in [3.63, 3.8) is 0 Å². The third kappa shape index (κ3) is 4.16. The first-order chi connectivity index (χ1) is 10.5. The highest BCUT2D eigenvalue weighted by atomic mass is 32.2. The Bertz CT molecular complexity index is 761. The van der Waals surface area contributed by atoms with Gasteiger partial charge in [0.1, 0.15) is 11.1 Å². The lowest BCUT2D eigenvalue weighted by Crippen LogP contribution is -3.00. The van der Waals surface area contributed by atoms with Crippen LogP contribution in [-0.2, 0) is 9.84 Å². The molecule has 2 aromatic carbocycles. The van der Waals surface area contributed by atoms with Crippen LogP contribution < -0.4 is 4.90 Å². The maximum Gasteiger partial charge on any atom is 0.211 e. The van der Waals surface area contributed by atoms with Crippen LogP contribution in [0.5, 0.6) is 0 Å². The van der Waals surface area contributed by atoms with Crippen LogP contribution in [0.1, 0.15) is 5.56 Å². The van der Waals surface area contributed by atoms with Crippen molar-refractivity contribution in [2.24, 2.45) is 0 Å². The van der Waals surface area contributed by atoms with Crippen molar-refractivity contribution in [1.82, 2.24) is 0 Å². The number of benzene rings is 2. The molecule has 2 rings (SSSR count). The fourth-order valence-corrected chi connectivity index (χ4v) is 3.40. The molecule has 0 fully saturated rings. The van der Waals surface area contributed by atoms with E-state index in [0.717, 1.165) is 10.5 Å². The molecular weight excluding hydrogens is 294 g/mol. The molecule has 0 heterocycles. The van der Waals surface area contributed by atoms with E-state index in [0.29, 0.717) is 9.80 Å². The minimum Gasteiger partial charge on any atom is -0.312 e. The molecule has 0 aromatic heterocycles. The molecule has 4 heteroatoms. The molecule has 0 unspecified atom stereocenters. The summed E-state index contributed by atoms with van der Waals surface area (Å²) in [6.07, 6.45) is 5.17. The largest absolute Gasteiger partial charge is 0.312 e. The molecular formula is C18H20NO2S+. The van der Waals surface area contributed by atoms with E-state index in [9.17, 15) is 8.42 Å². The van der Waals surface area contributed by atoms with Crippen LogP contribution in [0.3, 0.4) is 0 Å². The molecule has 1 N–H and O–H groups in total. The van der Waals surface area contributed by atoms with Gasteiger partial charge in [-0.25, -0.2) is 8.42 Å². The van der Waals surface area contributed by atoms with Gasteiger partial charge in [-0.05, 0) is 23.8 Å². The summed E-state index contributed by atoms with van der Waals surface area (Å²) in [4.78, 5) is 1.54. The lowest BCUT2D eigenvalue weighted by atomic mass is 10.2. The van der Waals surface area contributed by atoms with Crippen LogP contribution in [0.15, 0.2) is 82.7 Å². The molecule has 0 aliphatic rings. The Balaban J connectivity index is 2.42. The third-order valence-corrected chi connectivity index (χ3v) is 4.80. The highest BCUT2D eigenvalue weighted by Gasteiger charge is 2.20. The van der Waals surface area contributed by atoms with Gasteiger partial charge in [-0.3, -0.25) is 0 Å². The maximum absolute atomic E-state index is 12.8. The van der Waals surface area contributed by atoms with E-state index in [2.05, 4.69) is 0 Å². The van der Waals surface area contributed by atoms with E-state index in [1.165, 1.54) is 0 Å². The Hall–Kier alpha value is -2.17. The SMILES string of the molecule is C[NH+](C)/C=C(/C=C/c1ccccc1)S(=O)(=O)c1ccccc1. The lowest BCUT2D eigenvalue weighted by Gasteiger charge is -2.07. The molecule has 0 atom stereocenters. The molecule has 0 spiro atoms. The second kappa shape index (κ2) is 7.20. The van der Waals surface area contributed by atoms with Crippen LogP contribution in [0, 0.1) is 0 Å². The summed E-state index contributed by atoms with van der Waals surface area (Å²) >= 11 is 0. The van der Waals surface area contributed by atoms with Crippen molar-refractivity contribution < 1.29 is 13.3 Å². The monoisotopic (exact) mass is 314 g/mol. The van der Waals surface area contributed by atoms with Gasteiger partial charge in [0.25, 0.3) is 0 Å². The smallest absolute Gasteiger partial charge is 0.211 e. The van der Waals surface area contributed by atoms with Crippen molar-refractivity contribution in [2.75, 3.05) is 14.1 Å². The van der Waals surface area contributed by atoms with Gasteiger partial charge in [0.15, 0.2) is 0 Å². The first kappa shape index (κ1) is 16.2. The number of sulfone groups is 1. The molecule has 0 aliphatic carbocycles. The number of hydrogen-bond acceptors (Lipinski definition) is 2. The summed E-state index contributed by atoms with van der Waals surface area (Å²) in [5.74, 6) is 0. The van der Waals surface area contributed by atoms with Crippen LogP contribution in [0.4, 0.5) is 0 Å². The quantitative estimate of drug-likeness (QED) is 0.859. The number of hydrogen-bond donors (Lipinski definition) is 1. The maximum atomic E-state index is 12.8. The number of quaternary nitrogens is 1.